The number of hydrogen-bond donors (Lipinski definition) is 1. The molecule has 0 saturated carbocycles. The Hall–Kier alpha value is -0.880. The zero-order valence-corrected chi connectivity index (χ0v) is 11.6. The average molecular weight is 273 g/mol. The highest BCUT2D eigenvalue weighted by Gasteiger charge is 2.32. The molecular weight excluding hydrogens is 249 g/mol. The first kappa shape index (κ1) is 14.5. The molecular formula is C13H24FN3O2. The van der Waals surface area contributed by atoms with Crippen molar-refractivity contribution in [3.05, 3.63) is 0 Å². The van der Waals surface area contributed by atoms with Crippen LogP contribution in [0.1, 0.15) is 19.3 Å². The van der Waals surface area contributed by atoms with Gasteiger partial charge in [-0.15, -0.1) is 0 Å². The van der Waals surface area contributed by atoms with Crippen LogP contribution in [-0.2, 0) is 9.47 Å². The maximum absolute atomic E-state index is 12.1. The molecule has 0 spiro atoms. The van der Waals surface area contributed by atoms with E-state index in [1.807, 2.05) is 0 Å². The Morgan fingerprint density at radius 3 is 2.89 bits per heavy atom. The third-order valence-corrected chi connectivity index (χ3v) is 3.58. The molecule has 2 saturated heterocycles. The maximum atomic E-state index is 12.1. The van der Waals surface area contributed by atoms with E-state index in [9.17, 15) is 4.39 Å². The lowest BCUT2D eigenvalue weighted by Gasteiger charge is -2.37. The van der Waals surface area contributed by atoms with Gasteiger partial charge in [0.05, 0.1) is 19.4 Å². The molecule has 110 valence electrons. The van der Waals surface area contributed by atoms with Crippen LogP contribution in [0, 0.1) is 0 Å². The lowest BCUT2D eigenvalue weighted by atomic mass is 10.1. The Kier molecular flexibility index (Phi) is 5.85. The summed E-state index contributed by atoms with van der Waals surface area (Å²) in [5.41, 5.74) is 0. The summed E-state index contributed by atoms with van der Waals surface area (Å²) in [4.78, 5) is 6.43. The number of nitrogens with zero attached hydrogens (tertiary/aromatic N) is 2. The largest absolute Gasteiger partial charge is 0.375 e. The molecule has 0 amide bonds. The van der Waals surface area contributed by atoms with Gasteiger partial charge in [0.25, 0.3) is 0 Å². The fourth-order valence-electron chi connectivity index (χ4n) is 2.59. The van der Waals surface area contributed by atoms with Crippen LogP contribution in [0.25, 0.3) is 0 Å². The summed E-state index contributed by atoms with van der Waals surface area (Å²) in [6.45, 7) is 3.46. The topological polar surface area (TPSA) is 46.1 Å². The molecule has 2 aliphatic rings. The van der Waals surface area contributed by atoms with E-state index >= 15 is 0 Å². The van der Waals surface area contributed by atoms with Gasteiger partial charge in [0.1, 0.15) is 6.10 Å². The van der Waals surface area contributed by atoms with Crippen molar-refractivity contribution in [1.29, 1.82) is 0 Å². The van der Waals surface area contributed by atoms with Crippen molar-refractivity contribution in [3.8, 4) is 0 Å². The molecule has 2 atom stereocenters. The summed E-state index contributed by atoms with van der Waals surface area (Å²) in [7, 11) is 1.76. The minimum absolute atomic E-state index is 0.121. The monoisotopic (exact) mass is 273 g/mol. The van der Waals surface area contributed by atoms with Crippen LogP contribution in [0.4, 0.5) is 4.39 Å². The van der Waals surface area contributed by atoms with Gasteiger partial charge < -0.3 is 19.7 Å². The smallest absolute Gasteiger partial charge is 0.193 e. The number of halogens is 1. The van der Waals surface area contributed by atoms with Crippen LogP contribution in [0.5, 0.6) is 0 Å². The van der Waals surface area contributed by atoms with Gasteiger partial charge in [-0.2, -0.15) is 0 Å². The first-order valence-electron chi connectivity index (χ1n) is 7.10. The molecule has 0 radical (unpaired) electrons. The third kappa shape index (κ3) is 4.04. The lowest BCUT2D eigenvalue weighted by molar-refractivity contribution is -0.0816. The summed E-state index contributed by atoms with van der Waals surface area (Å²) in [5.74, 6) is 0.833. The summed E-state index contributed by atoms with van der Waals surface area (Å²) < 4.78 is 23.6. The number of ether oxygens (including phenoxy) is 2. The molecule has 0 bridgehead atoms. The number of morpholine rings is 1. The second kappa shape index (κ2) is 7.65. The second-order valence-corrected chi connectivity index (χ2v) is 4.92. The van der Waals surface area contributed by atoms with Crippen molar-refractivity contribution in [2.75, 3.05) is 46.6 Å². The molecule has 6 heteroatoms. The number of nitrogens with one attached hydrogen (secondary N) is 1. The van der Waals surface area contributed by atoms with Crippen molar-refractivity contribution < 1.29 is 13.9 Å². The summed E-state index contributed by atoms with van der Waals surface area (Å²) in [5, 5.41) is 3.19. The van der Waals surface area contributed by atoms with Gasteiger partial charge in [0.15, 0.2) is 5.96 Å². The van der Waals surface area contributed by atoms with Crippen molar-refractivity contribution >= 4 is 5.96 Å². The van der Waals surface area contributed by atoms with Gasteiger partial charge in [0, 0.05) is 33.3 Å². The van der Waals surface area contributed by atoms with E-state index in [4.69, 9.17) is 9.47 Å². The van der Waals surface area contributed by atoms with Gasteiger partial charge in [-0.3, -0.25) is 9.38 Å². The summed E-state index contributed by atoms with van der Waals surface area (Å²) in [6.07, 6.45) is 3.04. The normalized spacial score (nSPS) is 28.7. The van der Waals surface area contributed by atoms with Crippen molar-refractivity contribution in [2.24, 2.45) is 4.99 Å². The molecule has 5 nitrogen and oxygen atoms in total. The highest BCUT2D eigenvalue weighted by molar-refractivity contribution is 5.80. The van der Waals surface area contributed by atoms with E-state index < -0.39 is 0 Å². The van der Waals surface area contributed by atoms with E-state index in [0.29, 0.717) is 19.6 Å². The molecule has 2 rings (SSSR count). The Morgan fingerprint density at radius 2 is 2.21 bits per heavy atom. The SMILES string of the molecule is CN=C(NCCCF)N1CCOC(C2CCCO2)C1. The fraction of sp³-hybridized carbons (Fsp3) is 0.923. The number of hydrogen-bond acceptors (Lipinski definition) is 3. The zero-order valence-electron chi connectivity index (χ0n) is 11.6. The summed E-state index contributed by atoms with van der Waals surface area (Å²) >= 11 is 0. The van der Waals surface area contributed by atoms with Gasteiger partial charge >= 0.3 is 0 Å². The molecule has 2 heterocycles. The van der Waals surface area contributed by atoms with Gasteiger partial charge in [-0.25, -0.2) is 0 Å². The molecule has 2 aliphatic heterocycles. The van der Waals surface area contributed by atoms with Crippen LogP contribution in [0.2, 0.25) is 0 Å². The van der Waals surface area contributed by atoms with E-state index in [-0.39, 0.29) is 18.9 Å². The standard InChI is InChI=1S/C13H24FN3O2/c1-15-13(16-6-3-5-14)17-7-9-19-12(10-17)11-4-2-8-18-11/h11-12H,2-10H2,1H3,(H,15,16). The van der Waals surface area contributed by atoms with Crippen LogP contribution in [0.15, 0.2) is 4.99 Å². The number of aliphatic imine (C=N–C) groups is 1. The van der Waals surface area contributed by atoms with E-state index in [0.717, 1.165) is 38.5 Å². The molecule has 0 aromatic rings. The predicted octanol–water partition coefficient (Wildman–Crippen LogP) is 0.801. The minimum Gasteiger partial charge on any atom is -0.375 e. The fourth-order valence-corrected chi connectivity index (χ4v) is 2.59. The Labute approximate surface area is 114 Å². The molecule has 19 heavy (non-hydrogen) atoms. The molecule has 0 aromatic carbocycles. The van der Waals surface area contributed by atoms with E-state index in [1.54, 1.807) is 7.05 Å². The van der Waals surface area contributed by atoms with Crippen molar-refractivity contribution in [2.45, 2.75) is 31.5 Å². The number of guanidine groups is 1. The minimum atomic E-state index is -0.300. The van der Waals surface area contributed by atoms with E-state index in [1.165, 1.54) is 0 Å². The predicted molar refractivity (Wildman–Crippen MR) is 72.2 cm³/mol. The van der Waals surface area contributed by atoms with Crippen LogP contribution >= 0.6 is 0 Å². The van der Waals surface area contributed by atoms with Crippen molar-refractivity contribution in [1.82, 2.24) is 10.2 Å². The third-order valence-electron chi connectivity index (χ3n) is 3.58. The molecule has 2 unspecified atom stereocenters. The highest BCUT2D eigenvalue weighted by Crippen LogP contribution is 2.20. The van der Waals surface area contributed by atoms with Gasteiger partial charge in [0.2, 0.25) is 0 Å². The molecule has 2 fully saturated rings. The number of rotatable bonds is 4. The van der Waals surface area contributed by atoms with E-state index in [2.05, 4.69) is 15.2 Å². The Morgan fingerprint density at radius 1 is 1.37 bits per heavy atom. The average Bonchev–Trinajstić information content (AvgIpc) is 2.98. The van der Waals surface area contributed by atoms with Crippen LogP contribution in [-0.4, -0.2) is 69.6 Å². The van der Waals surface area contributed by atoms with Crippen molar-refractivity contribution in [3.63, 3.8) is 0 Å². The zero-order chi connectivity index (χ0) is 13.5. The van der Waals surface area contributed by atoms with Gasteiger partial charge in [-0.1, -0.05) is 0 Å². The quantitative estimate of drug-likeness (QED) is 0.467. The summed E-state index contributed by atoms with van der Waals surface area (Å²) in [6, 6.07) is 0. The first-order chi connectivity index (χ1) is 9.35. The van der Waals surface area contributed by atoms with Crippen LogP contribution in [0.3, 0.4) is 0 Å². The maximum Gasteiger partial charge on any atom is 0.193 e. The number of alkyl halides is 1. The first-order valence-corrected chi connectivity index (χ1v) is 7.10. The highest BCUT2D eigenvalue weighted by atomic mass is 19.1. The molecule has 0 aromatic heterocycles. The van der Waals surface area contributed by atoms with Gasteiger partial charge in [-0.05, 0) is 19.3 Å². The molecule has 0 aliphatic carbocycles. The lowest BCUT2D eigenvalue weighted by Crippen LogP contribution is -2.53. The Balaban J connectivity index is 1.84. The Bertz CT molecular complexity index is 296. The second-order valence-electron chi connectivity index (χ2n) is 4.92. The molecule has 1 N–H and O–H groups in total. The van der Waals surface area contributed by atoms with Crippen LogP contribution < -0.4 is 5.32 Å².